The van der Waals surface area contributed by atoms with Gasteiger partial charge in [0.25, 0.3) is 0 Å². The summed E-state index contributed by atoms with van der Waals surface area (Å²) in [5, 5.41) is 3.06. The van der Waals surface area contributed by atoms with Crippen molar-refractivity contribution in [1.82, 2.24) is 10.2 Å². The van der Waals surface area contributed by atoms with Crippen molar-refractivity contribution in [2.75, 3.05) is 32.9 Å². The van der Waals surface area contributed by atoms with Crippen LogP contribution in [0.1, 0.15) is 48.1 Å². The van der Waals surface area contributed by atoms with Gasteiger partial charge in [-0.25, -0.2) is 4.39 Å². The molecule has 2 aliphatic rings. The van der Waals surface area contributed by atoms with Crippen LogP contribution in [0.15, 0.2) is 42.0 Å². The monoisotopic (exact) mass is 494 g/mol. The topological polar surface area (TPSA) is 24.5 Å². The lowest BCUT2D eigenvalue weighted by atomic mass is 9.83. The molecular weight excluding hydrogens is 463 g/mol. The molecule has 2 atom stereocenters. The Bertz CT molecular complexity index is 1080. The zero-order valence-electron chi connectivity index (χ0n) is 20.0. The Morgan fingerprint density at radius 3 is 2.63 bits per heavy atom. The molecule has 0 bridgehead atoms. The lowest BCUT2D eigenvalue weighted by Crippen LogP contribution is -2.46. The zero-order valence-corrected chi connectivity index (χ0v) is 20.0. The second kappa shape index (κ2) is 10.7. The molecule has 2 aromatic rings. The van der Waals surface area contributed by atoms with Crippen LogP contribution in [-0.4, -0.2) is 50.0 Å². The number of hydrogen-bond donors (Lipinski definition) is 1. The largest absolute Gasteiger partial charge is 0.492 e. The van der Waals surface area contributed by atoms with Crippen LogP contribution >= 0.6 is 0 Å². The minimum absolute atomic E-state index is 0.240. The van der Waals surface area contributed by atoms with Crippen LogP contribution in [0.3, 0.4) is 0 Å². The summed E-state index contributed by atoms with van der Waals surface area (Å²) < 4.78 is 74.6. The third-order valence-electron chi connectivity index (χ3n) is 6.91. The molecule has 0 aromatic heterocycles. The van der Waals surface area contributed by atoms with Gasteiger partial charge in [0.2, 0.25) is 0 Å². The number of nitrogens with one attached hydrogen (secondary N) is 1. The molecular formula is C27H31F5N2O. The van der Waals surface area contributed by atoms with Gasteiger partial charge in [-0.15, -0.1) is 0 Å². The fraction of sp³-hybridized carbons (Fsp3) is 0.481. The van der Waals surface area contributed by atoms with Crippen molar-refractivity contribution in [3.63, 3.8) is 0 Å². The second-order valence-electron chi connectivity index (χ2n) is 9.31. The van der Waals surface area contributed by atoms with Gasteiger partial charge in [0.1, 0.15) is 18.2 Å². The van der Waals surface area contributed by atoms with Crippen molar-refractivity contribution in [1.29, 1.82) is 0 Å². The van der Waals surface area contributed by atoms with Crippen LogP contribution in [0.2, 0.25) is 0 Å². The van der Waals surface area contributed by atoms with E-state index in [-0.39, 0.29) is 12.2 Å². The molecule has 1 N–H and O–H groups in total. The predicted octanol–water partition coefficient (Wildman–Crippen LogP) is 6.17. The molecule has 0 amide bonds. The van der Waals surface area contributed by atoms with Gasteiger partial charge < -0.3 is 10.1 Å². The number of hydrogen-bond acceptors (Lipinski definition) is 3. The van der Waals surface area contributed by atoms with E-state index >= 15 is 4.39 Å². The molecule has 2 aromatic carbocycles. The van der Waals surface area contributed by atoms with E-state index < -0.39 is 37.3 Å². The Hall–Kier alpha value is -2.45. The molecule has 0 saturated carbocycles. The summed E-state index contributed by atoms with van der Waals surface area (Å²) in [5.74, 6) is -0.0958. The van der Waals surface area contributed by atoms with Gasteiger partial charge in [-0.3, -0.25) is 9.29 Å². The van der Waals surface area contributed by atoms with Crippen molar-refractivity contribution in [2.45, 2.75) is 51.4 Å². The molecule has 1 aliphatic heterocycles. The van der Waals surface area contributed by atoms with Crippen molar-refractivity contribution in [2.24, 2.45) is 0 Å². The van der Waals surface area contributed by atoms with Gasteiger partial charge in [-0.1, -0.05) is 24.3 Å². The Labute approximate surface area is 203 Å². The molecule has 1 aliphatic carbocycles. The number of nitrogens with zero attached hydrogens (tertiary/aromatic N) is 1. The first kappa shape index (κ1) is 25.6. The van der Waals surface area contributed by atoms with Gasteiger partial charge >= 0.3 is 6.18 Å². The number of fused-ring (bicyclic) bond motifs is 2. The van der Waals surface area contributed by atoms with Gasteiger partial charge in [0, 0.05) is 18.2 Å². The minimum atomic E-state index is -4.42. The normalized spacial score (nSPS) is 20.2. The summed E-state index contributed by atoms with van der Waals surface area (Å²) >= 11 is 0. The highest BCUT2D eigenvalue weighted by Gasteiger charge is 2.44. The molecule has 0 spiro atoms. The van der Waals surface area contributed by atoms with E-state index in [2.05, 4.69) is 5.32 Å². The van der Waals surface area contributed by atoms with Crippen molar-refractivity contribution < 1.29 is 26.7 Å². The number of halogens is 5. The van der Waals surface area contributed by atoms with Crippen molar-refractivity contribution in [3.8, 4) is 5.75 Å². The molecule has 0 saturated heterocycles. The molecule has 35 heavy (non-hydrogen) atoms. The second-order valence-corrected chi connectivity index (χ2v) is 9.31. The van der Waals surface area contributed by atoms with E-state index in [1.807, 2.05) is 24.3 Å². The number of ether oxygens (including phenoxy) is 1. The van der Waals surface area contributed by atoms with E-state index in [0.717, 1.165) is 22.3 Å². The van der Waals surface area contributed by atoms with Crippen LogP contribution in [0.5, 0.6) is 5.75 Å². The number of rotatable bonds is 9. The van der Waals surface area contributed by atoms with Crippen LogP contribution in [0, 0.1) is 12.7 Å². The first-order chi connectivity index (χ1) is 16.7. The third kappa shape index (κ3) is 5.54. The summed E-state index contributed by atoms with van der Waals surface area (Å²) in [6, 6.07) is 9.38. The van der Waals surface area contributed by atoms with Crippen LogP contribution in [-0.2, 0) is 6.42 Å². The average Bonchev–Trinajstić information content (AvgIpc) is 3.16. The highest BCUT2D eigenvalue weighted by molar-refractivity contribution is 5.79. The summed E-state index contributed by atoms with van der Waals surface area (Å²) in [6.45, 7) is 3.26. The smallest absolute Gasteiger partial charge is 0.401 e. The van der Waals surface area contributed by atoms with Gasteiger partial charge in [-0.2, -0.15) is 13.2 Å². The summed E-state index contributed by atoms with van der Waals surface area (Å²) in [7, 11) is 0. The highest BCUT2D eigenvalue weighted by atomic mass is 19.4. The number of benzene rings is 2. The summed E-state index contributed by atoms with van der Waals surface area (Å²) in [6.07, 6.45) is -3.02. The third-order valence-corrected chi connectivity index (χ3v) is 6.91. The standard InChI is InChI=1S/C27H31F5N2O/c1-17-14-21-20-7-4-3-6-19(20)15-22(21)26(34(17)16-27(30,31)32)25-18(2)24(9-8-23(25)29)35-13-12-33-11-5-10-28/h3-4,6-9,17,26,33H,5,10-16H2,1-2H3/t17-,26+/m1/s1. The highest BCUT2D eigenvalue weighted by Crippen LogP contribution is 2.50. The van der Waals surface area contributed by atoms with E-state index in [4.69, 9.17) is 4.74 Å². The van der Waals surface area contributed by atoms with Crippen molar-refractivity contribution in [3.05, 3.63) is 70.0 Å². The van der Waals surface area contributed by atoms with Crippen molar-refractivity contribution >= 4 is 5.57 Å². The van der Waals surface area contributed by atoms with Gasteiger partial charge in [0.05, 0.1) is 19.3 Å². The van der Waals surface area contributed by atoms with E-state index in [1.165, 1.54) is 17.0 Å². The Morgan fingerprint density at radius 2 is 1.89 bits per heavy atom. The van der Waals surface area contributed by atoms with E-state index in [0.29, 0.717) is 43.7 Å². The Balaban J connectivity index is 1.71. The Kier molecular flexibility index (Phi) is 7.81. The lowest BCUT2D eigenvalue weighted by Gasteiger charge is -2.43. The molecule has 190 valence electrons. The van der Waals surface area contributed by atoms with Gasteiger partial charge in [-0.05, 0) is 79.6 Å². The summed E-state index contributed by atoms with van der Waals surface area (Å²) in [5.41, 5.74) is 4.72. The quantitative estimate of drug-likeness (QED) is 0.333. The van der Waals surface area contributed by atoms with Crippen LogP contribution in [0.4, 0.5) is 22.0 Å². The van der Waals surface area contributed by atoms with Crippen LogP contribution < -0.4 is 10.1 Å². The molecule has 0 radical (unpaired) electrons. The van der Waals surface area contributed by atoms with E-state index in [1.54, 1.807) is 13.8 Å². The molecule has 8 heteroatoms. The summed E-state index contributed by atoms with van der Waals surface area (Å²) in [4.78, 5) is 1.39. The maximum Gasteiger partial charge on any atom is 0.401 e. The molecule has 1 heterocycles. The predicted molar refractivity (Wildman–Crippen MR) is 127 cm³/mol. The first-order valence-corrected chi connectivity index (χ1v) is 12.0. The maximum atomic E-state index is 15.4. The molecule has 0 fully saturated rings. The number of alkyl halides is 4. The maximum absolute atomic E-state index is 15.4. The van der Waals surface area contributed by atoms with E-state index in [9.17, 15) is 17.6 Å². The SMILES string of the molecule is Cc1c(OCCNCCCF)ccc(F)c1[C@@H]1C2=C(C[C@@H](C)N1CC(F)(F)F)c1ccccc1C2. The lowest BCUT2D eigenvalue weighted by molar-refractivity contribution is -0.155. The molecule has 4 rings (SSSR count). The minimum Gasteiger partial charge on any atom is -0.492 e. The zero-order chi connectivity index (χ0) is 25.2. The van der Waals surface area contributed by atoms with Crippen LogP contribution in [0.25, 0.3) is 5.57 Å². The molecule has 0 unspecified atom stereocenters. The first-order valence-electron chi connectivity index (χ1n) is 12.0. The Morgan fingerprint density at radius 1 is 1.11 bits per heavy atom. The fourth-order valence-corrected chi connectivity index (χ4v) is 5.34. The molecule has 3 nitrogen and oxygen atoms in total. The average molecular weight is 495 g/mol. The van der Waals surface area contributed by atoms with Gasteiger partial charge in [0.15, 0.2) is 0 Å². The fourth-order valence-electron chi connectivity index (χ4n) is 5.34.